The van der Waals surface area contributed by atoms with Crippen LogP contribution in [0.4, 0.5) is 17.1 Å². The standard InChI is InChI=1S/C66H43N5SSi/c1-65(2)47-12-4-5-15-53(47)71(55-36-46-42-10-3-6-17-56(42)73(57(46)37-52(55)65,40-26-32-67-33-27-40)41-28-34-68-35-29-41)54-16-7-11-43-44-23-25-49-60(64(44)72-63(43)54)45-22-20-38-18-19-39-21-24-48(59(45)58(38)39)66(49)50-13-8-30-69-61(50)62-51(66)14-9-31-70-62/h3-17,20-37H,18-19H2,1-2H3. The number of para-hydroxylation sites is 1. The number of anilines is 3. The maximum atomic E-state index is 5.10. The van der Waals surface area contributed by atoms with E-state index in [0.717, 1.165) is 24.2 Å². The van der Waals surface area contributed by atoms with Gasteiger partial charge in [-0.1, -0.05) is 123 Å². The molecule has 0 unspecified atom stereocenters. The summed E-state index contributed by atoms with van der Waals surface area (Å²) in [5.41, 5.74) is 20.7. The fraction of sp³-hybridized carbons (Fsp3) is 0.0909. The molecule has 5 aliphatic rings. The van der Waals surface area contributed by atoms with Crippen LogP contribution in [0.1, 0.15) is 58.4 Å². The van der Waals surface area contributed by atoms with Gasteiger partial charge in [0.2, 0.25) is 0 Å². The first kappa shape index (κ1) is 40.3. The highest BCUT2D eigenvalue weighted by Crippen LogP contribution is 2.64. The number of hydrogen-bond donors (Lipinski definition) is 0. The molecule has 7 aromatic carbocycles. The van der Waals surface area contributed by atoms with Crippen LogP contribution in [-0.2, 0) is 23.7 Å². The molecule has 0 atom stereocenters. The number of aryl methyl sites for hydroxylation is 2. The Labute approximate surface area is 427 Å². The van der Waals surface area contributed by atoms with Gasteiger partial charge in [-0.2, -0.15) is 0 Å². The summed E-state index contributed by atoms with van der Waals surface area (Å²) in [5.74, 6) is 0. The Bertz CT molecular complexity index is 4350. The van der Waals surface area contributed by atoms with Gasteiger partial charge in [-0.25, -0.2) is 0 Å². The average Bonchev–Trinajstić information content (AvgIpc) is 4.21. The smallest absolute Gasteiger partial charge is 0.181 e. The zero-order valence-corrected chi connectivity index (χ0v) is 41.9. The van der Waals surface area contributed by atoms with Crippen LogP contribution < -0.4 is 25.6 Å². The highest BCUT2D eigenvalue weighted by atomic mass is 32.1. The highest BCUT2D eigenvalue weighted by molar-refractivity contribution is 7.27. The zero-order valence-electron chi connectivity index (χ0n) is 40.1. The van der Waals surface area contributed by atoms with Crippen molar-refractivity contribution < 1.29 is 0 Å². The Kier molecular flexibility index (Phi) is 7.71. The molecular formula is C66H43N5SSi. The molecule has 3 aliphatic carbocycles. The van der Waals surface area contributed by atoms with Crippen LogP contribution in [0.2, 0.25) is 0 Å². The van der Waals surface area contributed by atoms with Gasteiger partial charge in [0.25, 0.3) is 0 Å². The van der Waals surface area contributed by atoms with Crippen molar-refractivity contribution in [3.8, 4) is 33.6 Å². The molecule has 0 saturated heterocycles. The SMILES string of the molecule is CC1(C)c2ccccc2N(c2cccc3c2sc2c4c(ccc23)C2(c3cccnc3-c3ncccc32)c2ccc3c5c(ccc-4c25)CC3)c2cc3c(cc21)[Si](c1ccncc1)(c1ccncc1)c1ccccc1-3. The third-order valence-corrected chi connectivity index (χ3v) is 23.9. The van der Waals surface area contributed by atoms with Crippen LogP contribution in [-0.4, -0.2) is 28.0 Å². The van der Waals surface area contributed by atoms with E-state index in [1.165, 1.54) is 136 Å². The van der Waals surface area contributed by atoms with Gasteiger partial charge in [0.1, 0.15) is 0 Å². The number of hydrogen-bond acceptors (Lipinski definition) is 6. The monoisotopic (exact) mass is 965 g/mol. The molecule has 7 heterocycles. The number of thiophene rings is 1. The topological polar surface area (TPSA) is 54.8 Å². The minimum atomic E-state index is -2.83. The van der Waals surface area contributed by atoms with E-state index in [4.69, 9.17) is 9.97 Å². The molecule has 0 N–H and O–H groups in total. The number of pyridine rings is 4. The van der Waals surface area contributed by atoms with Crippen molar-refractivity contribution in [1.82, 2.24) is 19.9 Å². The number of aromatic nitrogens is 4. The lowest BCUT2D eigenvalue weighted by Crippen LogP contribution is -2.73. The fourth-order valence-electron chi connectivity index (χ4n) is 14.8. The van der Waals surface area contributed by atoms with Crippen molar-refractivity contribution in [2.75, 3.05) is 4.90 Å². The second kappa shape index (κ2) is 14.0. The molecule has 342 valence electrons. The van der Waals surface area contributed by atoms with Crippen molar-refractivity contribution in [1.29, 1.82) is 0 Å². The molecule has 0 fully saturated rings. The van der Waals surface area contributed by atoms with E-state index in [9.17, 15) is 0 Å². The normalized spacial score (nSPS) is 16.0. The van der Waals surface area contributed by atoms with Gasteiger partial charge in [-0.15, -0.1) is 11.3 Å². The van der Waals surface area contributed by atoms with E-state index in [2.05, 4.69) is 193 Å². The third-order valence-electron chi connectivity index (χ3n) is 17.7. The van der Waals surface area contributed by atoms with Crippen molar-refractivity contribution in [2.24, 2.45) is 0 Å². The predicted octanol–water partition coefficient (Wildman–Crippen LogP) is 12.7. The molecule has 12 aromatic rings. The molecule has 5 nitrogen and oxygen atoms in total. The Morgan fingerprint density at radius 3 is 1.85 bits per heavy atom. The maximum Gasteiger partial charge on any atom is 0.181 e. The van der Waals surface area contributed by atoms with Gasteiger partial charge in [0, 0.05) is 63.6 Å². The van der Waals surface area contributed by atoms with Gasteiger partial charge in [0.05, 0.1) is 38.6 Å². The van der Waals surface area contributed by atoms with E-state index < -0.39 is 13.5 Å². The Hall–Kier alpha value is -8.36. The molecule has 0 amide bonds. The molecule has 0 bridgehead atoms. The molecule has 1 spiro atoms. The maximum absolute atomic E-state index is 5.10. The van der Waals surface area contributed by atoms with E-state index in [0.29, 0.717) is 0 Å². The molecule has 7 heteroatoms. The number of benzene rings is 7. The first-order chi connectivity index (χ1) is 36.0. The lowest BCUT2D eigenvalue weighted by Gasteiger charge is -2.43. The van der Waals surface area contributed by atoms with Crippen LogP contribution in [0.5, 0.6) is 0 Å². The molecule has 5 aromatic heterocycles. The first-order valence-corrected chi connectivity index (χ1v) is 28.3. The van der Waals surface area contributed by atoms with Gasteiger partial charge in [-0.05, 0) is 160 Å². The number of fused-ring (bicyclic) bond motifs is 18. The van der Waals surface area contributed by atoms with E-state index in [1.807, 2.05) is 48.5 Å². The summed E-state index contributed by atoms with van der Waals surface area (Å²) < 4.78 is 2.61. The Morgan fingerprint density at radius 1 is 0.452 bits per heavy atom. The number of rotatable bonds is 3. The second-order valence-electron chi connectivity index (χ2n) is 21.1. The lowest BCUT2D eigenvalue weighted by molar-refractivity contribution is 0.632. The van der Waals surface area contributed by atoms with Crippen LogP contribution in [0.15, 0.2) is 201 Å². The highest BCUT2D eigenvalue weighted by Gasteiger charge is 2.53. The summed E-state index contributed by atoms with van der Waals surface area (Å²) >= 11 is 1.96. The number of nitrogens with zero attached hydrogens (tertiary/aromatic N) is 5. The van der Waals surface area contributed by atoms with Crippen LogP contribution >= 0.6 is 11.3 Å². The molecule has 0 radical (unpaired) electrons. The predicted molar refractivity (Wildman–Crippen MR) is 301 cm³/mol. The Morgan fingerprint density at radius 2 is 1.10 bits per heavy atom. The van der Waals surface area contributed by atoms with Crippen molar-refractivity contribution in [3.63, 3.8) is 0 Å². The van der Waals surface area contributed by atoms with E-state index in [-0.39, 0.29) is 5.41 Å². The van der Waals surface area contributed by atoms with Gasteiger partial charge in [0.15, 0.2) is 8.07 Å². The van der Waals surface area contributed by atoms with Crippen LogP contribution in [0, 0.1) is 0 Å². The van der Waals surface area contributed by atoms with Gasteiger partial charge >= 0.3 is 0 Å². The van der Waals surface area contributed by atoms with E-state index in [1.54, 1.807) is 0 Å². The molecule has 0 saturated carbocycles. The van der Waals surface area contributed by atoms with Crippen molar-refractivity contribution >= 4 is 88.2 Å². The van der Waals surface area contributed by atoms with Crippen molar-refractivity contribution in [2.45, 2.75) is 37.5 Å². The minimum absolute atomic E-state index is 0.310. The van der Waals surface area contributed by atoms with Gasteiger partial charge < -0.3 is 4.90 Å². The second-order valence-corrected chi connectivity index (χ2v) is 25.9. The average molecular weight is 966 g/mol. The van der Waals surface area contributed by atoms with Crippen LogP contribution in [0.3, 0.4) is 0 Å². The summed E-state index contributed by atoms with van der Waals surface area (Å²) in [4.78, 5) is 21.9. The minimum Gasteiger partial charge on any atom is -0.308 e. The summed E-state index contributed by atoms with van der Waals surface area (Å²) in [7, 11) is -2.83. The molecular weight excluding hydrogens is 923 g/mol. The van der Waals surface area contributed by atoms with E-state index >= 15 is 0 Å². The largest absolute Gasteiger partial charge is 0.308 e. The summed E-state index contributed by atoms with van der Waals surface area (Å²) in [6, 6.07) is 63.1. The zero-order chi connectivity index (χ0) is 48.0. The molecule has 73 heavy (non-hydrogen) atoms. The summed E-state index contributed by atoms with van der Waals surface area (Å²) in [6.45, 7) is 4.86. The lowest BCUT2D eigenvalue weighted by atomic mass is 9.61. The fourth-order valence-corrected chi connectivity index (χ4v) is 21.3. The third kappa shape index (κ3) is 4.75. The Balaban J connectivity index is 0.967. The van der Waals surface area contributed by atoms with Crippen molar-refractivity contribution in [3.05, 3.63) is 245 Å². The quantitative estimate of drug-likeness (QED) is 0.165. The molecule has 2 aliphatic heterocycles. The van der Waals surface area contributed by atoms with Crippen LogP contribution in [0.25, 0.3) is 64.6 Å². The van der Waals surface area contributed by atoms with Gasteiger partial charge in [-0.3, -0.25) is 19.9 Å². The summed E-state index contributed by atoms with van der Waals surface area (Å²) in [5, 5.41) is 10.9. The first-order valence-electron chi connectivity index (χ1n) is 25.5. The molecule has 17 rings (SSSR count). The summed E-state index contributed by atoms with van der Waals surface area (Å²) in [6.07, 6.45) is 13.9.